The van der Waals surface area contributed by atoms with E-state index >= 15 is 0 Å². The third-order valence-corrected chi connectivity index (χ3v) is 10.3. The fraction of sp³-hybridized carbons (Fsp3) is 0.444. The van der Waals surface area contributed by atoms with Gasteiger partial charge in [-0.2, -0.15) is 0 Å². The van der Waals surface area contributed by atoms with Crippen molar-refractivity contribution < 1.29 is 5.11 Å². The van der Waals surface area contributed by atoms with Crippen molar-refractivity contribution in [3.63, 3.8) is 0 Å². The topological polar surface area (TPSA) is 20.2 Å². The molecule has 1 N–H and O–H groups in total. The van der Waals surface area contributed by atoms with Crippen LogP contribution in [-0.2, 0) is 6.04 Å². The summed E-state index contributed by atoms with van der Waals surface area (Å²) in [5.74, 6) is 2.54. The molecule has 0 saturated heterocycles. The minimum atomic E-state index is -1.71. The molecule has 0 fully saturated rings. The van der Waals surface area contributed by atoms with Gasteiger partial charge in [0.2, 0.25) is 0 Å². The zero-order chi connectivity index (χ0) is 16.3. The molecule has 0 saturated carbocycles. The van der Waals surface area contributed by atoms with Gasteiger partial charge in [0.15, 0.2) is 0 Å². The third-order valence-electron chi connectivity index (χ3n) is 4.15. The van der Waals surface area contributed by atoms with Crippen LogP contribution in [0.1, 0.15) is 5.56 Å². The predicted molar refractivity (Wildman–Crippen MR) is 98.7 cm³/mol. The lowest BCUT2D eigenvalue weighted by atomic mass is 10.2. The Morgan fingerprint density at radius 1 is 1.19 bits per heavy atom. The zero-order valence-corrected chi connectivity index (χ0v) is 16.0. The molecule has 114 valence electrons. The molecule has 0 aliphatic heterocycles. The van der Waals surface area contributed by atoms with Gasteiger partial charge in [-0.05, 0) is 6.04 Å². The molecule has 0 amide bonds. The van der Waals surface area contributed by atoms with Crippen LogP contribution in [0.25, 0.3) is 0 Å². The zero-order valence-electron chi connectivity index (χ0n) is 14.0. The van der Waals surface area contributed by atoms with Crippen LogP contribution in [0.2, 0.25) is 38.3 Å². The SMILES string of the molecule is C#C[C@@H](O)[C@@H](C(=C)[Si](C)(C)Cc1ccccc1)[Si](C)(C)C. The standard InChI is InChI=1S/C18H28OSi2/c1-8-17(19)18(20(3,4)5)15(2)21(6,7)14-16-12-10-9-11-13-16/h1,9-13,17-19H,2,14H2,3-7H3/t17-,18-/m1/s1. The van der Waals surface area contributed by atoms with Crippen LogP contribution in [0.4, 0.5) is 0 Å². The largest absolute Gasteiger partial charge is 0.380 e. The Morgan fingerprint density at radius 2 is 1.71 bits per heavy atom. The Morgan fingerprint density at radius 3 is 2.14 bits per heavy atom. The summed E-state index contributed by atoms with van der Waals surface area (Å²) in [6, 6.07) is 11.6. The summed E-state index contributed by atoms with van der Waals surface area (Å²) >= 11 is 0. The van der Waals surface area contributed by atoms with E-state index in [-0.39, 0.29) is 5.54 Å². The first-order chi connectivity index (χ1) is 9.59. The summed E-state index contributed by atoms with van der Waals surface area (Å²) in [5, 5.41) is 11.5. The molecule has 0 aromatic heterocycles. The average Bonchev–Trinajstić information content (AvgIpc) is 2.37. The van der Waals surface area contributed by atoms with Gasteiger partial charge in [-0.1, -0.05) is 79.7 Å². The summed E-state index contributed by atoms with van der Waals surface area (Å²) < 4.78 is 0. The highest BCUT2D eigenvalue weighted by Crippen LogP contribution is 2.38. The number of benzene rings is 1. The fourth-order valence-corrected chi connectivity index (χ4v) is 9.97. The van der Waals surface area contributed by atoms with E-state index in [1.54, 1.807) is 0 Å². The van der Waals surface area contributed by atoms with Crippen LogP contribution < -0.4 is 0 Å². The van der Waals surface area contributed by atoms with E-state index in [9.17, 15) is 5.11 Å². The summed E-state index contributed by atoms with van der Waals surface area (Å²) in [5.41, 5.74) is 1.42. The number of hydrogen-bond donors (Lipinski definition) is 1. The van der Waals surface area contributed by atoms with Crippen molar-refractivity contribution >= 4 is 16.1 Å². The number of terminal acetylenes is 1. The van der Waals surface area contributed by atoms with Crippen LogP contribution >= 0.6 is 0 Å². The maximum atomic E-state index is 10.3. The second-order valence-electron chi connectivity index (χ2n) is 7.53. The van der Waals surface area contributed by atoms with Gasteiger partial charge in [-0.25, -0.2) is 0 Å². The summed E-state index contributed by atoms with van der Waals surface area (Å²) in [6.45, 7) is 15.8. The summed E-state index contributed by atoms with van der Waals surface area (Å²) in [4.78, 5) is 0. The van der Waals surface area contributed by atoms with E-state index in [4.69, 9.17) is 6.42 Å². The second kappa shape index (κ2) is 6.78. The van der Waals surface area contributed by atoms with Gasteiger partial charge in [0.25, 0.3) is 0 Å². The molecule has 0 unspecified atom stereocenters. The van der Waals surface area contributed by atoms with E-state index < -0.39 is 22.3 Å². The van der Waals surface area contributed by atoms with Crippen molar-refractivity contribution in [2.75, 3.05) is 0 Å². The molecule has 0 aliphatic rings. The van der Waals surface area contributed by atoms with Gasteiger partial charge in [-0.15, -0.1) is 13.0 Å². The van der Waals surface area contributed by atoms with E-state index in [0.29, 0.717) is 0 Å². The number of rotatable bonds is 6. The van der Waals surface area contributed by atoms with Gasteiger partial charge in [-0.3, -0.25) is 0 Å². The van der Waals surface area contributed by atoms with Gasteiger partial charge in [0.1, 0.15) is 6.10 Å². The van der Waals surface area contributed by atoms with Gasteiger partial charge >= 0.3 is 0 Å². The van der Waals surface area contributed by atoms with Crippen molar-refractivity contribution in [3.8, 4) is 12.3 Å². The summed E-state index contributed by atoms with van der Waals surface area (Å²) in [6.07, 6.45) is 4.80. The smallest absolute Gasteiger partial charge is 0.118 e. The number of aliphatic hydroxyl groups excluding tert-OH is 1. The van der Waals surface area contributed by atoms with Crippen LogP contribution in [0.3, 0.4) is 0 Å². The molecule has 1 nitrogen and oxygen atoms in total. The van der Waals surface area contributed by atoms with E-state index in [0.717, 1.165) is 6.04 Å². The first-order valence-corrected chi connectivity index (χ1v) is 14.3. The van der Waals surface area contributed by atoms with Gasteiger partial charge < -0.3 is 5.11 Å². The van der Waals surface area contributed by atoms with E-state index in [2.05, 4.69) is 69.5 Å². The molecule has 0 heterocycles. The van der Waals surface area contributed by atoms with Gasteiger partial charge in [0.05, 0.1) is 16.1 Å². The molecule has 1 aromatic rings. The normalized spacial score (nSPS) is 15.1. The van der Waals surface area contributed by atoms with Crippen LogP contribution in [-0.4, -0.2) is 27.4 Å². The van der Waals surface area contributed by atoms with E-state index in [1.807, 2.05) is 6.07 Å². The van der Waals surface area contributed by atoms with Crippen molar-refractivity contribution in [2.45, 2.75) is 50.4 Å². The molecule has 0 spiro atoms. The maximum Gasteiger partial charge on any atom is 0.118 e. The lowest BCUT2D eigenvalue weighted by Gasteiger charge is -2.39. The molecule has 0 radical (unpaired) electrons. The minimum Gasteiger partial charge on any atom is -0.380 e. The Bertz CT molecular complexity index is 520. The highest BCUT2D eigenvalue weighted by atomic mass is 28.3. The Labute approximate surface area is 132 Å². The van der Waals surface area contributed by atoms with Crippen molar-refractivity contribution in [1.82, 2.24) is 0 Å². The predicted octanol–water partition coefficient (Wildman–Crippen LogP) is 4.27. The highest BCUT2D eigenvalue weighted by Gasteiger charge is 2.40. The highest BCUT2D eigenvalue weighted by molar-refractivity contribution is 6.88. The Balaban J connectivity index is 3.05. The monoisotopic (exact) mass is 316 g/mol. The van der Waals surface area contributed by atoms with Crippen LogP contribution in [0.5, 0.6) is 0 Å². The Hall–Kier alpha value is -1.09. The average molecular weight is 317 g/mol. The number of hydrogen-bond acceptors (Lipinski definition) is 1. The van der Waals surface area contributed by atoms with Crippen molar-refractivity contribution in [3.05, 3.63) is 47.7 Å². The van der Waals surface area contributed by atoms with E-state index in [1.165, 1.54) is 10.8 Å². The first-order valence-electron chi connectivity index (χ1n) is 7.47. The van der Waals surface area contributed by atoms with Crippen LogP contribution in [0.15, 0.2) is 42.1 Å². The molecule has 2 atom stereocenters. The molecule has 0 bridgehead atoms. The molecule has 1 aromatic carbocycles. The summed E-state index contributed by atoms with van der Waals surface area (Å²) in [7, 11) is -3.33. The quantitative estimate of drug-likeness (QED) is 0.613. The number of aliphatic hydroxyl groups is 1. The van der Waals surface area contributed by atoms with Crippen molar-refractivity contribution in [1.29, 1.82) is 0 Å². The first kappa shape index (κ1) is 18.0. The molecule has 21 heavy (non-hydrogen) atoms. The van der Waals surface area contributed by atoms with Gasteiger partial charge in [0, 0.05) is 5.54 Å². The third kappa shape index (κ3) is 4.70. The van der Waals surface area contributed by atoms with Crippen LogP contribution in [0, 0.1) is 12.3 Å². The molecule has 1 rings (SSSR count). The Kier molecular flexibility index (Phi) is 5.80. The molecular formula is C18H28OSi2. The minimum absolute atomic E-state index is 0.0767. The lowest BCUT2D eigenvalue weighted by molar-refractivity contribution is 0.232. The molecule has 0 aliphatic carbocycles. The second-order valence-corrected chi connectivity index (χ2v) is 17.6. The van der Waals surface area contributed by atoms with Crippen molar-refractivity contribution in [2.24, 2.45) is 0 Å². The lowest BCUT2D eigenvalue weighted by Crippen LogP contribution is -2.45. The fourth-order valence-electron chi connectivity index (χ4n) is 2.92. The molecular weight excluding hydrogens is 288 g/mol. The molecule has 3 heteroatoms. The maximum absolute atomic E-state index is 10.3.